The molecule has 0 bridgehead atoms. The third-order valence-electron chi connectivity index (χ3n) is 3.90. The molecule has 1 N–H and O–H groups in total. The van der Waals surface area contributed by atoms with Crippen LogP contribution in [0.25, 0.3) is 23.2 Å². The molecule has 0 radical (unpaired) electrons. The summed E-state index contributed by atoms with van der Waals surface area (Å²) in [5.74, 6) is 1.49. The van der Waals surface area contributed by atoms with Gasteiger partial charge in [0.15, 0.2) is 0 Å². The number of para-hydroxylation sites is 2. The van der Waals surface area contributed by atoms with Crippen LogP contribution in [0.3, 0.4) is 0 Å². The first kappa shape index (κ1) is 17.0. The maximum Gasteiger partial charge on any atom is 0.274 e. The lowest BCUT2D eigenvalue weighted by molar-refractivity contribution is 0.289. The second-order valence-electron chi connectivity index (χ2n) is 6.40. The molecule has 0 unspecified atom stereocenters. The molecule has 0 aliphatic rings. The lowest BCUT2D eigenvalue weighted by Crippen LogP contribution is -2.11. The molecular weight excluding hydrogens is 312 g/mol. The first-order chi connectivity index (χ1) is 12.1. The highest BCUT2D eigenvalue weighted by atomic mass is 16.5. The number of H-pyrrole nitrogens is 1. The fourth-order valence-electron chi connectivity index (χ4n) is 2.42. The van der Waals surface area contributed by atoms with Crippen molar-refractivity contribution in [3.8, 4) is 5.75 Å². The monoisotopic (exact) mass is 334 g/mol. The van der Waals surface area contributed by atoms with Crippen molar-refractivity contribution in [2.24, 2.45) is 5.92 Å². The normalized spacial score (nSPS) is 11.5. The number of benzene rings is 2. The number of rotatable bonds is 6. The van der Waals surface area contributed by atoms with Gasteiger partial charge in [0.25, 0.3) is 5.56 Å². The van der Waals surface area contributed by atoms with Gasteiger partial charge in [0.05, 0.1) is 17.6 Å². The van der Waals surface area contributed by atoms with E-state index in [9.17, 15) is 4.79 Å². The molecule has 0 fully saturated rings. The first-order valence-electron chi connectivity index (χ1n) is 8.52. The van der Waals surface area contributed by atoms with Crippen LogP contribution in [0.15, 0.2) is 53.3 Å². The Labute approximate surface area is 147 Å². The first-order valence-corrected chi connectivity index (χ1v) is 8.52. The third-order valence-corrected chi connectivity index (χ3v) is 3.90. The van der Waals surface area contributed by atoms with Crippen LogP contribution in [0.5, 0.6) is 5.75 Å². The molecule has 0 saturated carbocycles. The van der Waals surface area contributed by atoms with Gasteiger partial charge in [-0.3, -0.25) is 4.79 Å². The maximum atomic E-state index is 12.1. The molecule has 3 rings (SSSR count). The Morgan fingerprint density at radius 2 is 1.84 bits per heavy atom. The van der Waals surface area contributed by atoms with Crippen molar-refractivity contribution in [3.05, 3.63) is 70.1 Å². The molecule has 25 heavy (non-hydrogen) atoms. The lowest BCUT2D eigenvalue weighted by atomic mass is 10.1. The summed E-state index contributed by atoms with van der Waals surface area (Å²) < 4.78 is 5.71. The summed E-state index contributed by atoms with van der Waals surface area (Å²) >= 11 is 0. The van der Waals surface area contributed by atoms with Gasteiger partial charge in [-0.05, 0) is 48.2 Å². The summed E-state index contributed by atoms with van der Waals surface area (Å²) in [7, 11) is 0. The van der Waals surface area contributed by atoms with Crippen LogP contribution in [-0.2, 0) is 0 Å². The Morgan fingerprint density at radius 3 is 2.60 bits per heavy atom. The van der Waals surface area contributed by atoms with Crippen molar-refractivity contribution in [2.45, 2.75) is 20.3 Å². The number of aromatic nitrogens is 2. The molecule has 0 aliphatic carbocycles. The molecule has 3 aromatic rings. The van der Waals surface area contributed by atoms with E-state index in [0.717, 1.165) is 35.4 Å². The highest BCUT2D eigenvalue weighted by molar-refractivity contribution is 5.76. The van der Waals surface area contributed by atoms with Crippen LogP contribution in [0, 0.1) is 5.92 Å². The van der Waals surface area contributed by atoms with Crippen LogP contribution >= 0.6 is 0 Å². The van der Waals surface area contributed by atoms with E-state index >= 15 is 0 Å². The summed E-state index contributed by atoms with van der Waals surface area (Å²) in [5.41, 5.74) is 2.72. The smallest absolute Gasteiger partial charge is 0.274 e. The molecule has 0 atom stereocenters. The summed E-state index contributed by atoms with van der Waals surface area (Å²) in [6.45, 7) is 5.09. The Morgan fingerprint density at radius 1 is 1.08 bits per heavy atom. The van der Waals surface area contributed by atoms with Gasteiger partial charge in [-0.1, -0.05) is 44.2 Å². The molecular formula is C21H22N2O2. The molecule has 4 nitrogen and oxygen atoms in total. The Kier molecular flexibility index (Phi) is 5.29. The molecule has 0 spiro atoms. The van der Waals surface area contributed by atoms with Crippen LogP contribution in [0.4, 0.5) is 0 Å². The van der Waals surface area contributed by atoms with Crippen LogP contribution in [0.2, 0.25) is 0 Å². The van der Waals surface area contributed by atoms with Crippen LogP contribution in [-0.4, -0.2) is 16.6 Å². The predicted octanol–water partition coefficient (Wildman–Crippen LogP) is 4.52. The average Bonchev–Trinajstić information content (AvgIpc) is 2.61. The second-order valence-corrected chi connectivity index (χ2v) is 6.40. The van der Waals surface area contributed by atoms with Crippen molar-refractivity contribution in [3.63, 3.8) is 0 Å². The molecule has 2 aromatic carbocycles. The molecule has 1 aromatic heterocycles. The van der Waals surface area contributed by atoms with Gasteiger partial charge in [-0.2, -0.15) is 0 Å². The van der Waals surface area contributed by atoms with E-state index in [1.54, 1.807) is 6.08 Å². The molecule has 0 saturated heterocycles. The van der Waals surface area contributed by atoms with E-state index in [1.807, 2.05) is 54.6 Å². The zero-order chi connectivity index (χ0) is 17.6. The maximum absolute atomic E-state index is 12.1. The Balaban J connectivity index is 1.71. The van der Waals surface area contributed by atoms with E-state index in [-0.39, 0.29) is 5.56 Å². The fraction of sp³-hybridized carbons (Fsp3) is 0.238. The summed E-state index contributed by atoms with van der Waals surface area (Å²) in [4.78, 5) is 19.3. The minimum atomic E-state index is -0.191. The van der Waals surface area contributed by atoms with E-state index in [4.69, 9.17) is 4.74 Å². The number of nitrogens with zero attached hydrogens (tertiary/aromatic N) is 1. The van der Waals surface area contributed by atoms with E-state index in [1.165, 1.54) is 0 Å². The minimum Gasteiger partial charge on any atom is -0.494 e. The molecule has 4 heteroatoms. The lowest BCUT2D eigenvalue weighted by Gasteiger charge is -2.08. The third kappa shape index (κ3) is 4.57. The highest BCUT2D eigenvalue weighted by Crippen LogP contribution is 2.15. The van der Waals surface area contributed by atoms with Gasteiger partial charge in [0.1, 0.15) is 11.4 Å². The van der Waals surface area contributed by atoms with Crippen LogP contribution in [0.1, 0.15) is 31.5 Å². The molecule has 0 amide bonds. The van der Waals surface area contributed by atoms with Crippen molar-refractivity contribution >= 4 is 23.2 Å². The molecule has 1 heterocycles. The van der Waals surface area contributed by atoms with E-state index in [2.05, 4.69) is 23.8 Å². The highest BCUT2D eigenvalue weighted by Gasteiger charge is 2.01. The predicted molar refractivity (Wildman–Crippen MR) is 103 cm³/mol. The van der Waals surface area contributed by atoms with Crippen molar-refractivity contribution in [1.29, 1.82) is 0 Å². The van der Waals surface area contributed by atoms with Crippen molar-refractivity contribution in [1.82, 2.24) is 9.97 Å². The zero-order valence-electron chi connectivity index (χ0n) is 14.5. The van der Waals surface area contributed by atoms with Gasteiger partial charge in [0, 0.05) is 0 Å². The quantitative estimate of drug-likeness (QED) is 0.721. The van der Waals surface area contributed by atoms with Gasteiger partial charge < -0.3 is 9.72 Å². The number of hydrogen-bond acceptors (Lipinski definition) is 3. The minimum absolute atomic E-state index is 0.191. The number of aromatic amines is 1. The number of nitrogens with one attached hydrogen (secondary N) is 1. The van der Waals surface area contributed by atoms with Crippen molar-refractivity contribution in [2.75, 3.05) is 6.61 Å². The van der Waals surface area contributed by atoms with Gasteiger partial charge in [-0.25, -0.2) is 4.98 Å². The number of fused-ring (bicyclic) bond motifs is 1. The summed E-state index contributed by atoms with van der Waals surface area (Å²) in [6.07, 6.45) is 4.65. The summed E-state index contributed by atoms with van der Waals surface area (Å²) in [6, 6.07) is 15.3. The van der Waals surface area contributed by atoms with E-state index < -0.39 is 0 Å². The molecule has 0 aliphatic heterocycles. The van der Waals surface area contributed by atoms with E-state index in [0.29, 0.717) is 11.6 Å². The van der Waals surface area contributed by atoms with Crippen molar-refractivity contribution < 1.29 is 4.74 Å². The largest absolute Gasteiger partial charge is 0.494 e. The average molecular weight is 334 g/mol. The summed E-state index contributed by atoms with van der Waals surface area (Å²) in [5, 5.41) is 0. The van der Waals surface area contributed by atoms with Gasteiger partial charge in [-0.15, -0.1) is 0 Å². The standard InChI is InChI=1S/C21H22N2O2/c1-15(2)13-14-25-17-10-7-16(8-11-17)9-12-20-21(24)23-19-6-4-3-5-18(19)22-20/h3-12,15H,13-14H2,1-2H3,(H,23,24)/b12-9+. The zero-order valence-corrected chi connectivity index (χ0v) is 14.5. The SMILES string of the molecule is CC(C)CCOc1ccc(/C=C/c2nc3ccccc3[nH]c2=O)cc1. The topological polar surface area (TPSA) is 55.0 Å². The second kappa shape index (κ2) is 7.79. The number of ether oxygens (including phenoxy) is 1. The Bertz CT molecular complexity index is 925. The van der Waals surface area contributed by atoms with Gasteiger partial charge in [0.2, 0.25) is 0 Å². The van der Waals surface area contributed by atoms with Crippen LogP contribution < -0.4 is 10.3 Å². The Hall–Kier alpha value is -2.88. The number of hydrogen-bond donors (Lipinski definition) is 1. The van der Waals surface area contributed by atoms with Gasteiger partial charge >= 0.3 is 0 Å². The molecule has 128 valence electrons. The fourth-order valence-corrected chi connectivity index (χ4v) is 2.42.